The van der Waals surface area contributed by atoms with Crippen LogP contribution in [0.5, 0.6) is 0 Å². The first-order chi connectivity index (χ1) is 19.6. The molecule has 0 aliphatic heterocycles. The second kappa shape index (κ2) is 31.0. The predicted octanol–water partition coefficient (Wildman–Crippen LogP) is -3.10. The average Bonchev–Trinajstić information content (AvgIpc) is 2.95. The average molecular weight is 583 g/mol. The molecule has 0 rings (SSSR count). The van der Waals surface area contributed by atoms with Gasteiger partial charge in [0.15, 0.2) is 0 Å². The molecular weight excluding hydrogens is 532 g/mol. The van der Waals surface area contributed by atoms with E-state index in [1.165, 1.54) is 0 Å². The number of amides is 6. The Balaban J connectivity index is 3.38. The van der Waals surface area contributed by atoms with Gasteiger partial charge in [-0.15, -0.1) is 0 Å². The smallest absolute Gasteiger partial charge is 0.314 e. The molecule has 6 amide bonds. The summed E-state index contributed by atoms with van der Waals surface area (Å²) in [5.41, 5.74) is 10.6. The van der Waals surface area contributed by atoms with Crippen molar-refractivity contribution < 1.29 is 42.8 Å². The highest BCUT2D eigenvalue weighted by molar-refractivity contribution is 5.75. The Labute approximate surface area is 236 Å². The summed E-state index contributed by atoms with van der Waals surface area (Å²) in [4.78, 5) is 35.1. The molecule has 0 aromatic heterocycles. The molecule has 0 aromatic carbocycles. The summed E-state index contributed by atoms with van der Waals surface area (Å²) < 4.78 is 31.7. The van der Waals surface area contributed by atoms with Gasteiger partial charge in [0.1, 0.15) is 0 Å². The van der Waals surface area contributed by atoms with Gasteiger partial charge in [-0.25, -0.2) is 14.4 Å². The van der Waals surface area contributed by atoms with E-state index in [1.807, 2.05) is 0 Å². The predicted molar refractivity (Wildman–Crippen MR) is 147 cm³/mol. The van der Waals surface area contributed by atoms with E-state index in [1.54, 1.807) is 0 Å². The molecule has 17 nitrogen and oxygen atoms in total. The minimum absolute atomic E-state index is 0.239. The molecule has 0 aliphatic carbocycles. The van der Waals surface area contributed by atoms with E-state index >= 15 is 0 Å². The van der Waals surface area contributed by atoms with Crippen molar-refractivity contribution in [3.05, 3.63) is 0 Å². The monoisotopic (exact) mass is 582 g/mol. The minimum Gasteiger partial charge on any atom is -0.378 e. The van der Waals surface area contributed by atoms with Crippen LogP contribution in [-0.2, 0) is 28.4 Å². The standard InChI is InChI=1S/C23H50N8O9/c24-1-9-35-13-17-39-19-15-37-11-7-30-22(33)28-5-3-26-21(32)27-4-6-29-23(34)31-8-12-38-16-20-40-18-14-36-10-2-25/h1-20,24-25H2,(H2,26,27,32)(H2,28,30,33)(H2,29,31,34). The van der Waals surface area contributed by atoms with Crippen molar-refractivity contribution in [3.63, 3.8) is 0 Å². The van der Waals surface area contributed by atoms with Crippen LogP contribution in [0.25, 0.3) is 0 Å². The second-order valence-corrected chi connectivity index (χ2v) is 7.80. The molecule has 0 unspecified atom stereocenters. The number of hydrogen-bond donors (Lipinski definition) is 8. The molecule has 0 bridgehead atoms. The first-order valence-corrected chi connectivity index (χ1v) is 13.5. The molecule has 0 spiro atoms. The Bertz CT molecular complexity index is 561. The largest absolute Gasteiger partial charge is 0.378 e. The maximum Gasteiger partial charge on any atom is 0.314 e. The van der Waals surface area contributed by atoms with Gasteiger partial charge in [-0.3, -0.25) is 0 Å². The van der Waals surface area contributed by atoms with Crippen LogP contribution in [0, 0.1) is 0 Å². The summed E-state index contributed by atoms with van der Waals surface area (Å²) in [6, 6.07) is -1.14. The lowest BCUT2D eigenvalue weighted by molar-refractivity contribution is 0.0168. The third-order valence-corrected chi connectivity index (χ3v) is 4.47. The number of urea groups is 3. The summed E-state index contributed by atoms with van der Waals surface area (Å²) >= 11 is 0. The van der Waals surface area contributed by atoms with Gasteiger partial charge < -0.3 is 71.8 Å². The third-order valence-electron chi connectivity index (χ3n) is 4.47. The molecule has 0 saturated carbocycles. The van der Waals surface area contributed by atoms with Crippen molar-refractivity contribution in [2.45, 2.75) is 0 Å². The highest BCUT2D eigenvalue weighted by Gasteiger charge is 2.03. The summed E-state index contributed by atoms with van der Waals surface area (Å²) in [5.74, 6) is 0. The number of carbonyl (C=O) groups excluding carboxylic acids is 3. The molecule has 10 N–H and O–H groups in total. The zero-order chi connectivity index (χ0) is 29.4. The van der Waals surface area contributed by atoms with Crippen LogP contribution in [-0.4, -0.2) is 150 Å². The molecule has 0 aliphatic rings. The van der Waals surface area contributed by atoms with E-state index in [4.69, 9.17) is 39.9 Å². The van der Waals surface area contributed by atoms with Crippen LogP contribution in [0.1, 0.15) is 0 Å². The number of ether oxygens (including phenoxy) is 6. The van der Waals surface area contributed by atoms with E-state index in [2.05, 4.69) is 31.9 Å². The quantitative estimate of drug-likeness (QED) is 0.0431. The lowest BCUT2D eigenvalue weighted by Crippen LogP contribution is -2.45. The number of nitrogens with one attached hydrogen (secondary N) is 6. The van der Waals surface area contributed by atoms with Crippen molar-refractivity contribution in [1.82, 2.24) is 31.9 Å². The molecule has 0 saturated heterocycles. The van der Waals surface area contributed by atoms with Crippen molar-refractivity contribution >= 4 is 18.1 Å². The van der Waals surface area contributed by atoms with Crippen LogP contribution >= 0.6 is 0 Å². The minimum atomic E-state index is -0.410. The lowest BCUT2D eigenvalue weighted by Gasteiger charge is -2.11. The van der Waals surface area contributed by atoms with Gasteiger partial charge in [-0.05, 0) is 0 Å². The second-order valence-electron chi connectivity index (χ2n) is 7.80. The van der Waals surface area contributed by atoms with Crippen molar-refractivity contribution in [2.75, 3.05) is 132 Å². The Hall–Kier alpha value is -2.51. The zero-order valence-corrected chi connectivity index (χ0v) is 23.5. The summed E-state index contributed by atoms with van der Waals surface area (Å²) in [6.07, 6.45) is 0. The van der Waals surface area contributed by atoms with E-state index < -0.39 is 6.03 Å². The van der Waals surface area contributed by atoms with E-state index in [9.17, 15) is 14.4 Å². The summed E-state index contributed by atoms with van der Waals surface area (Å²) in [5, 5.41) is 15.7. The maximum absolute atomic E-state index is 11.7. The fourth-order valence-corrected chi connectivity index (χ4v) is 2.62. The molecule has 40 heavy (non-hydrogen) atoms. The first kappa shape index (κ1) is 37.5. The molecular formula is C23H50N8O9. The highest BCUT2D eigenvalue weighted by Crippen LogP contribution is 1.82. The van der Waals surface area contributed by atoms with Gasteiger partial charge in [0, 0.05) is 52.4 Å². The van der Waals surface area contributed by atoms with Gasteiger partial charge in [0.2, 0.25) is 0 Å². The van der Waals surface area contributed by atoms with Gasteiger partial charge >= 0.3 is 18.1 Å². The Morgan fingerprint density at radius 1 is 0.350 bits per heavy atom. The van der Waals surface area contributed by atoms with Gasteiger partial charge in [-0.1, -0.05) is 0 Å². The molecule has 0 heterocycles. The number of nitrogens with two attached hydrogens (primary N) is 2. The summed E-state index contributed by atoms with van der Waals surface area (Å²) in [6.45, 7) is 8.02. The van der Waals surface area contributed by atoms with E-state index in [-0.39, 0.29) is 38.2 Å². The van der Waals surface area contributed by atoms with Crippen LogP contribution in [0.15, 0.2) is 0 Å². The van der Waals surface area contributed by atoms with Gasteiger partial charge in [-0.2, -0.15) is 0 Å². The zero-order valence-electron chi connectivity index (χ0n) is 23.5. The van der Waals surface area contributed by atoms with Crippen LogP contribution in [0.4, 0.5) is 14.4 Å². The summed E-state index contributed by atoms with van der Waals surface area (Å²) in [7, 11) is 0. The fourth-order valence-electron chi connectivity index (χ4n) is 2.62. The van der Waals surface area contributed by atoms with E-state index in [0.29, 0.717) is 105 Å². The Kier molecular flexibility index (Phi) is 29.1. The lowest BCUT2D eigenvalue weighted by atomic mass is 10.5. The van der Waals surface area contributed by atoms with Crippen molar-refractivity contribution in [3.8, 4) is 0 Å². The van der Waals surface area contributed by atoms with Crippen molar-refractivity contribution in [1.29, 1.82) is 0 Å². The van der Waals surface area contributed by atoms with Gasteiger partial charge in [0.05, 0.1) is 79.3 Å². The SMILES string of the molecule is NCCOCCOCCOCCNC(=O)NCCNC(=O)NCCNC(=O)NCCOCCOCCOCCN. The topological polar surface area (TPSA) is 231 Å². The molecule has 0 aromatic rings. The molecule has 0 radical (unpaired) electrons. The third kappa shape index (κ3) is 30.0. The molecule has 0 atom stereocenters. The maximum atomic E-state index is 11.7. The van der Waals surface area contributed by atoms with Gasteiger partial charge in [0.25, 0.3) is 0 Å². The highest BCUT2D eigenvalue weighted by atomic mass is 16.5. The Morgan fingerprint density at radius 3 is 0.850 bits per heavy atom. The van der Waals surface area contributed by atoms with E-state index in [0.717, 1.165) is 0 Å². The first-order valence-electron chi connectivity index (χ1n) is 13.5. The normalized spacial score (nSPS) is 10.7. The Morgan fingerprint density at radius 2 is 0.575 bits per heavy atom. The van der Waals surface area contributed by atoms with Crippen LogP contribution < -0.4 is 43.4 Å². The molecule has 17 heteroatoms. The van der Waals surface area contributed by atoms with Crippen LogP contribution in [0.3, 0.4) is 0 Å². The number of rotatable bonds is 28. The molecule has 0 fully saturated rings. The number of carbonyl (C=O) groups is 3. The molecule has 236 valence electrons. The fraction of sp³-hybridized carbons (Fsp3) is 0.870. The van der Waals surface area contributed by atoms with Crippen LogP contribution in [0.2, 0.25) is 0 Å². The number of hydrogen-bond acceptors (Lipinski definition) is 11. The van der Waals surface area contributed by atoms with Crippen molar-refractivity contribution in [2.24, 2.45) is 11.5 Å².